The van der Waals surface area contributed by atoms with Crippen molar-refractivity contribution in [2.75, 3.05) is 11.1 Å². The van der Waals surface area contributed by atoms with Crippen molar-refractivity contribution in [2.24, 2.45) is 0 Å². The van der Waals surface area contributed by atoms with Crippen LogP contribution in [0.3, 0.4) is 0 Å². The number of anilines is 2. The second kappa shape index (κ2) is 5.18. The molecule has 1 aromatic carbocycles. The zero-order chi connectivity index (χ0) is 14.0. The zero-order valence-corrected chi connectivity index (χ0v) is 11.4. The first-order valence-corrected chi connectivity index (χ1v) is 6.28. The maximum absolute atomic E-state index is 12.1. The van der Waals surface area contributed by atoms with Crippen LogP contribution in [0.15, 0.2) is 28.7 Å². The van der Waals surface area contributed by atoms with Crippen LogP contribution >= 0.6 is 0 Å². The predicted octanol–water partition coefficient (Wildman–Crippen LogP) is 3.29. The van der Waals surface area contributed by atoms with Gasteiger partial charge in [0.1, 0.15) is 5.76 Å². The molecule has 0 aliphatic heterocycles. The third-order valence-electron chi connectivity index (χ3n) is 3.08. The lowest BCUT2D eigenvalue weighted by molar-refractivity contribution is 0.0995. The van der Waals surface area contributed by atoms with Crippen LogP contribution in [-0.2, 0) is 6.42 Å². The number of benzene rings is 1. The van der Waals surface area contributed by atoms with Gasteiger partial charge in [-0.25, -0.2) is 0 Å². The van der Waals surface area contributed by atoms with Gasteiger partial charge in [0.25, 0.3) is 5.91 Å². The lowest BCUT2D eigenvalue weighted by atomic mass is 10.2. The van der Waals surface area contributed by atoms with Gasteiger partial charge in [-0.15, -0.1) is 0 Å². The second-order valence-electron chi connectivity index (χ2n) is 4.60. The van der Waals surface area contributed by atoms with E-state index in [-0.39, 0.29) is 5.91 Å². The summed E-state index contributed by atoms with van der Waals surface area (Å²) in [6, 6.07) is 7.17. The molecule has 0 saturated carbocycles. The molecule has 0 aliphatic carbocycles. The highest BCUT2D eigenvalue weighted by atomic mass is 16.4. The Hall–Kier alpha value is -2.23. The average Bonchev–Trinajstić information content (AvgIpc) is 2.75. The molecule has 0 radical (unpaired) electrons. The summed E-state index contributed by atoms with van der Waals surface area (Å²) in [6.45, 7) is 5.85. The summed E-state index contributed by atoms with van der Waals surface area (Å²) in [5.74, 6) is 0.919. The van der Waals surface area contributed by atoms with E-state index in [1.165, 1.54) is 0 Å². The number of nitrogens with two attached hydrogens (primary N) is 1. The number of rotatable bonds is 3. The number of hydrogen-bond acceptors (Lipinski definition) is 3. The van der Waals surface area contributed by atoms with Gasteiger partial charge < -0.3 is 15.5 Å². The number of aryl methyl sites for hydroxylation is 3. The fourth-order valence-corrected chi connectivity index (χ4v) is 1.94. The first-order chi connectivity index (χ1) is 9.01. The third-order valence-corrected chi connectivity index (χ3v) is 3.08. The molecule has 0 bridgehead atoms. The summed E-state index contributed by atoms with van der Waals surface area (Å²) in [5, 5.41) is 2.82. The molecule has 0 saturated heterocycles. The third kappa shape index (κ3) is 2.78. The van der Waals surface area contributed by atoms with E-state index >= 15 is 0 Å². The standard InChI is InChI=1S/C15H18N2O2/c1-4-13-10(3)7-14(19-13)15(18)17-12-8-11(16)6-5-9(12)2/h5-8H,4,16H2,1-3H3,(H,17,18). The van der Waals surface area contributed by atoms with Gasteiger partial charge in [-0.05, 0) is 43.2 Å². The van der Waals surface area contributed by atoms with E-state index in [1.807, 2.05) is 26.8 Å². The highest BCUT2D eigenvalue weighted by Gasteiger charge is 2.14. The topological polar surface area (TPSA) is 68.3 Å². The van der Waals surface area contributed by atoms with Gasteiger partial charge in [0.2, 0.25) is 0 Å². The van der Waals surface area contributed by atoms with Crippen LogP contribution in [0.25, 0.3) is 0 Å². The molecule has 0 unspecified atom stereocenters. The van der Waals surface area contributed by atoms with E-state index in [0.717, 1.165) is 23.3 Å². The molecule has 0 spiro atoms. The number of nitrogen functional groups attached to an aromatic ring is 1. The molecule has 19 heavy (non-hydrogen) atoms. The van der Waals surface area contributed by atoms with Crippen molar-refractivity contribution in [3.8, 4) is 0 Å². The quantitative estimate of drug-likeness (QED) is 0.830. The van der Waals surface area contributed by atoms with Crippen molar-refractivity contribution in [3.63, 3.8) is 0 Å². The van der Waals surface area contributed by atoms with Crippen molar-refractivity contribution in [3.05, 3.63) is 46.9 Å². The second-order valence-corrected chi connectivity index (χ2v) is 4.60. The number of amides is 1. The number of hydrogen-bond donors (Lipinski definition) is 2. The van der Waals surface area contributed by atoms with Crippen LogP contribution in [0.2, 0.25) is 0 Å². The lowest BCUT2D eigenvalue weighted by Gasteiger charge is -2.07. The molecule has 4 heteroatoms. The van der Waals surface area contributed by atoms with Crippen LogP contribution < -0.4 is 11.1 Å². The smallest absolute Gasteiger partial charge is 0.291 e. The summed E-state index contributed by atoms with van der Waals surface area (Å²) in [7, 11) is 0. The Morgan fingerprint density at radius 3 is 2.63 bits per heavy atom. The molecule has 1 amide bonds. The number of furan rings is 1. The SMILES string of the molecule is CCc1oc(C(=O)Nc2cc(N)ccc2C)cc1C. The minimum atomic E-state index is -0.253. The van der Waals surface area contributed by atoms with Crippen molar-refractivity contribution in [2.45, 2.75) is 27.2 Å². The normalized spacial score (nSPS) is 10.5. The number of carbonyl (C=O) groups is 1. The minimum absolute atomic E-state index is 0.253. The maximum Gasteiger partial charge on any atom is 0.291 e. The van der Waals surface area contributed by atoms with Crippen LogP contribution in [-0.4, -0.2) is 5.91 Å². The van der Waals surface area contributed by atoms with Crippen LogP contribution in [0.4, 0.5) is 11.4 Å². The van der Waals surface area contributed by atoms with Gasteiger partial charge in [-0.3, -0.25) is 4.79 Å². The Labute approximate surface area is 112 Å². The minimum Gasteiger partial charge on any atom is -0.456 e. The van der Waals surface area contributed by atoms with Crippen molar-refractivity contribution < 1.29 is 9.21 Å². The molecule has 2 rings (SSSR count). The Morgan fingerprint density at radius 2 is 2.00 bits per heavy atom. The highest BCUT2D eigenvalue weighted by molar-refractivity contribution is 6.03. The predicted molar refractivity (Wildman–Crippen MR) is 76.4 cm³/mol. The molecule has 4 nitrogen and oxygen atoms in total. The van der Waals surface area contributed by atoms with Gasteiger partial charge in [0.15, 0.2) is 5.76 Å². The van der Waals surface area contributed by atoms with Gasteiger partial charge in [-0.1, -0.05) is 13.0 Å². The van der Waals surface area contributed by atoms with Crippen molar-refractivity contribution in [1.29, 1.82) is 0 Å². The Bertz CT molecular complexity index is 615. The highest BCUT2D eigenvalue weighted by Crippen LogP contribution is 2.21. The largest absolute Gasteiger partial charge is 0.456 e. The molecule has 3 N–H and O–H groups in total. The van der Waals surface area contributed by atoms with Crippen molar-refractivity contribution in [1.82, 2.24) is 0 Å². The van der Waals surface area contributed by atoms with E-state index in [1.54, 1.807) is 18.2 Å². The van der Waals surface area contributed by atoms with Gasteiger partial charge in [-0.2, -0.15) is 0 Å². The van der Waals surface area contributed by atoms with E-state index < -0.39 is 0 Å². The van der Waals surface area contributed by atoms with Gasteiger partial charge in [0, 0.05) is 17.8 Å². The molecular formula is C15H18N2O2. The van der Waals surface area contributed by atoms with E-state index in [4.69, 9.17) is 10.2 Å². The first kappa shape index (κ1) is 13.2. The van der Waals surface area contributed by atoms with Gasteiger partial charge >= 0.3 is 0 Å². The molecule has 1 aromatic heterocycles. The molecule has 0 aliphatic rings. The Balaban J connectivity index is 2.22. The van der Waals surface area contributed by atoms with Crippen LogP contribution in [0.5, 0.6) is 0 Å². The summed E-state index contributed by atoms with van der Waals surface area (Å²) < 4.78 is 5.52. The monoisotopic (exact) mass is 258 g/mol. The average molecular weight is 258 g/mol. The molecule has 2 aromatic rings. The van der Waals surface area contributed by atoms with Crippen molar-refractivity contribution >= 4 is 17.3 Å². The zero-order valence-electron chi connectivity index (χ0n) is 11.4. The lowest BCUT2D eigenvalue weighted by Crippen LogP contribution is -2.12. The fourth-order valence-electron chi connectivity index (χ4n) is 1.94. The fraction of sp³-hybridized carbons (Fsp3) is 0.267. The summed E-state index contributed by atoms with van der Waals surface area (Å²) in [4.78, 5) is 12.1. The van der Waals surface area contributed by atoms with E-state index in [9.17, 15) is 4.79 Å². The molecule has 0 atom stereocenters. The maximum atomic E-state index is 12.1. The molecular weight excluding hydrogens is 240 g/mol. The molecule has 100 valence electrons. The van der Waals surface area contributed by atoms with Crippen LogP contribution in [0, 0.1) is 13.8 Å². The Morgan fingerprint density at radius 1 is 1.26 bits per heavy atom. The van der Waals surface area contributed by atoms with E-state index in [0.29, 0.717) is 17.1 Å². The Kier molecular flexibility index (Phi) is 3.60. The number of carbonyl (C=O) groups excluding carboxylic acids is 1. The van der Waals surface area contributed by atoms with E-state index in [2.05, 4.69) is 5.32 Å². The molecule has 1 heterocycles. The number of nitrogens with one attached hydrogen (secondary N) is 1. The van der Waals surface area contributed by atoms with Crippen LogP contribution in [0.1, 0.15) is 34.4 Å². The summed E-state index contributed by atoms with van der Waals surface area (Å²) in [6.07, 6.45) is 0.774. The van der Waals surface area contributed by atoms with Gasteiger partial charge in [0.05, 0.1) is 0 Å². The molecule has 0 fully saturated rings. The summed E-state index contributed by atoms with van der Waals surface area (Å²) >= 11 is 0. The first-order valence-electron chi connectivity index (χ1n) is 6.28. The summed E-state index contributed by atoms with van der Waals surface area (Å²) in [5.41, 5.74) is 9.00.